The molecule has 1 heterocycles. The van der Waals surface area contributed by atoms with Crippen LogP contribution in [0, 0.1) is 0 Å². The van der Waals surface area contributed by atoms with Crippen molar-refractivity contribution in [3.05, 3.63) is 46.2 Å². The lowest BCUT2D eigenvalue weighted by Crippen LogP contribution is -2.30. The maximum atomic E-state index is 11.7. The molecule has 0 saturated heterocycles. The zero-order chi connectivity index (χ0) is 15.8. The topological polar surface area (TPSA) is 64.6 Å². The Bertz CT molecular complexity index is 625. The Morgan fingerprint density at radius 2 is 2.23 bits per heavy atom. The second-order valence-electron chi connectivity index (χ2n) is 4.49. The molecule has 0 radical (unpaired) electrons. The van der Waals surface area contributed by atoms with Gasteiger partial charge in [0.15, 0.2) is 12.9 Å². The number of nitrogens with one attached hydrogen (secondary N) is 1. The van der Waals surface area contributed by atoms with Crippen molar-refractivity contribution in [3.63, 3.8) is 0 Å². The summed E-state index contributed by atoms with van der Waals surface area (Å²) >= 11 is 1.66. The van der Waals surface area contributed by atoms with Crippen LogP contribution in [0.4, 0.5) is 0 Å². The molecule has 116 valence electrons. The van der Waals surface area contributed by atoms with Gasteiger partial charge in [0.25, 0.3) is 5.91 Å². The first kappa shape index (κ1) is 16.0. The summed E-state index contributed by atoms with van der Waals surface area (Å²) in [7, 11) is 1.52. The van der Waals surface area contributed by atoms with Crippen molar-refractivity contribution >= 4 is 23.5 Å². The molecule has 1 aromatic carbocycles. The van der Waals surface area contributed by atoms with Gasteiger partial charge in [0.1, 0.15) is 11.5 Å². The summed E-state index contributed by atoms with van der Waals surface area (Å²) in [6.07, 6.45) is 1.47. The number of carbonyl (C=O) groups excluding carboxylic acids is 2. The molecule has 0 saturated carbocycles. The van der Waals surface area contributed by atoms with E-state index in [0.717, 1.165) is 6.42 Å². The molecular weight excluding hydrogens is 302 g/mol. The molecule has 0 aliphatic rings. The number of amides is 1. The third kappa shape index (κ3) is 4.60. The highest BCUT2D eigenvalue weighted by atomic mass is 32.1. The van der Waals surface area contributed by atoms with Crippen molar-refractivity contribution in [1.29, 1.82) is 0 Å². The minimum Gasteiger partial charge on any atom is -0.497 e. The van der Waals surface area contributed by atoms with E-state index in [9.17, 15) is 9.59 Å². The number of benzene rings is 1. The molecule has 0 aliphatic carbocycles. The third-order valence-electron chi connectivity index (χ3n) is 2.98. The second kappa shape index (κ2) is 8.19. The van der Waals surface area contributed by atoms with Crippen LogP contribution in [0.25, 0.3) is 0 Å². The van der Waals surface area contributed by atoms with E-state index in [1.807, 2.05) is 17.5 Å². The van der Waals surface area contributed by atoms with Gasteiger partial charge in [0.05, 0.1) is 12.7 Å². The lowest BCUT2D eigenvalue weighted by molar-refractivity contribution is -0.123. The largest absolute Gasteiger partial charge is 0.497 e. The average Bonchev–Trinajstić information content (AvgIpc) is 3.06. The van der Waals surface area contributed by atoms with Crippen LogP contribution >= 0.6 is 11.3 Å². The Morgan fingerprint density at radius 1 is 1.36 bits per heavy atom. The van der Waals surface area contributed by atoms with Gasteiger partial charge < -0.3 is 14.8 Å². The van der Waals surface area contributed by atoms with Crippen molar-refractivity contribution in [1.82, 2.24) is 5.32 Å². The van der Waals surface area contributed by atoms with E-state index in [4.69, 9.17) is 9.47 Å². The summed E-state index contributed by atoms with van der Waals surface area (Å²) in [5.41, 5.74) is 0.353. The predicted molar refractivity (Wildman–Crippen MR) is 84.9 cm³/mol. The van der Waals surface area contributed by atoms with Gasteiger partial charge in [-0.15, -0.1) is 11.3 Å². The highest BCUT2D eigenvalue weighted by molar-refractivity contribution is 7.09. The molecule has 5 nitrogen and oxygen atoms in total. The number of carbonyl (C=O) groups is 2. The summed E-state index contributed by atoms with van der Waals surface area (Å²) in [6, 6.07) is 8.87. The molecule has 0 aliphatic heterocycles. The lowest BCUT2D eigenvalue weighted by atomic mass is 10.2. The Balaban J connectivity index is 1.79. The highest BCUT2D eigenvalue weighted by Crippen LogP contribution is 2.22. The van der Waals surface area contributed by atoms with Gasteiger partial charge in [-0.05, 0) is 36.1 Å². The van der Waals surface area contributed by atoms with Gasteiger partial charge in [-0.25, -0.2) is 0 Å². The summed E-state index contributed by atoms with van der Waals surface area (Å²) in [5, 5.41) is 4.79. The number of aldehydes is 1. The maximum Gasteiger partial charge on any atom is 0.257 e. The third-order valence-corrected chi connectivity index (χ3v) is 3.91. The molecule has 1 N–H and O–H groups in total. The van der Waals surface area contributed by atoms with Crippen molar-refractivity contribution in [2.24, 2.45) is 0 Å². The minimum atomic E-state index is -0.218. The van der Waals surface area contributed by atoms with Gasteiger partial charge >= 0.3 is 0 Å². The molecule has 1 aromatic heterocycles. The number of thiophene rings is 1. The van der Waals surface area contributed by atoms with E-state index in [-0.39, 0.29) is 12.5 Å². The second-order valence-corrected chi connectivity index (χ2v) is 5.52. The molecule has 2 aromatic rings. The Morgan fingerprint density at radius 3 is 2.91 bits per heavy atom. The van der Waals surface area contributed by atoms with Crippen LogP contribution in [-0.2, 0) is 11.2 Å². The standard InChI is InChI=1S/C16H17NO4S/c1-20-13-4-5-15(12(9-13)10-18)21-11-16(19)17-7-6-14-3-2-8-22-14/h2-5,8-10H,6-7,11H2,1H3,(H,17,19). The van der Waals surface area contributed by atoms with Crippen LogP contribution in [0.5, 0.6) is 11.5 Å². The Kier molecular flexibility index (Phi) is 5.97. The van der Waals surface area contributed by atoms with Crippen LogP contribution in [0.1, 0.15) is 15.2 Å². The molecule has 22 heavy (non-hydrogen) atoms. The van der Waals surface area contributed by atoms with Crippen LogP contribution in [0.2, 0.25) is 0 Å². The Labute approximate surface area is 132 Å². The van der Waals surface area contributed by atoms with Crippen LogP contribution in [-0.4, -0.2) is 32.5 Å². The molecule has 2 rings (SSSR count). The van der Waals surface area contributed by atoms with Crippen molar-refractivity contribution in [3.8, 4) is 11.5 Å². The first-order valence-corrected chi connectivity index (χ1v) is 7.66. The summed E-state index contributed by atoms with van der Waals surface area (Å²) in [5.74, 6) is 0.711. The highest BCUT2D eigenvalue weighted by Gasteiger charge is 2.08. The number of methoxy groups -OCH3 is 1. The molecule has 0 bridgehead atoms. The first-order chi connectivity index (χ1) is 10.7. The predicted octanol–water partition coefficient (Wildman–Crippen LogP) is 2.31. The number of hydrogen-bond acceptors (Lipinski definition) is 5. The maximum absolute atomic E-state index is 11.7. The van der Waals surface area contributed by atoms with Crippen LogP contribution < -0.4 is 14.8 Å². The molecule has 1 amide bonds. The normalized spacial score (nSPS) is 10.0. The van der Waals surface area contributed by atoms with Gasteiger partial charge in [-0.1, -0.05) is 6.07 Å². The molecule has 6 heteroatoms. The molecule has 0 spiro atoms. The summed E-state index contributed by atoms with van der Waals surface area (Å²) < 4.78 is 10.4. The van der Waals surface area contributed by atoms with Gasteiger partial charge in [0, 0.05) is 11.4 Å². The van der Waals surface area contributed by atoms with Gasteiger partial charge in [-0.3, -0.25) is 9.59 Å². The minimum absolute atomic E-state index is 0.127. The average molecular weight is 319 g/mol. The molecule has 0 unspecified atom stereocenters. The fourth-order valence-electron chi connectivity index (χ4n) is 1.85. The monoisotopic (exact) mass is 319 g/mol. The zero-order valence-corrected chi connectivity index (χ0v) is 13.0. The van der Waals surface area contributed by atoms with E-state index < -0.39 is 0 Å². The fourth-order valence-corrected chi connectivity index (χ4v) is 2.56. The number of rotatable bonds is 8. The zero-order valence-electron chi connectivity index (χ0n) is 12.2. The van der Waals surface area contributed by atoms with Crippen molar-refractivity contribution in [2.75, 3.05) is 20.3 Å². The van der Waals surface area contributed by atoms with Crippen molar-refractivity contribution in [2.45, 2.75) is 6.42 Å². The summed E-state index contributed by atoms with van der Waals surface area (Å²) in [4.78, 5) is 24.0. The van der Waals surface area contributed by atoms with Gasteiger partial charge in [-0.2, -0.15) is 0 Å². The SMILES string of the molecule is COc1ccc(OCC(=O)NCCc2cccs2)c(C=O)c1. The van der Waals surface area contributed by atoms with E-state index in [1.54, 1.807) is 29.5 Å². The first-order valence-electron chi connectivity index (χ1n) is 6.78. The van der Waals surface area contributed by atoms with E-state index >= 15 is 0 Å². The van der Waals surface area contributed by atoms with E-state index in [0.29, 0.717) is 29.9 Å². The van der Waals surface area contributed by atoms with E-state index in [2.05, 4.69) is 5.32 Å². The molecular formula is C16H17NO4S. The van der Waals surface area contributed by atoms with Gasteiger partial charge in [0.2, 0.25) is 0 Å². The molecule has 0 fully saturated rings. The Hall–Kier alpha value is -2.34. The van der Waals surface area contributed by atoms with Crippen LogP contribution in [0.3, 0.4) is 0 Å². The van der Waals surface area contributed by atoms with Crippen molar-refractivity contribution < 1.29 is 19.1 Å². The summed E-state index contributed by atoms with van der Waals surface area (Å²) in [6.45, 7) is 0.434. The fraction of sp³-hybridized carbons (Fsp3) is 0.250. The van der Waals surface area contributed by atoms with Crippen LogP contribution in [0.15, 0.2) is 35.7 Å². The number of hydrogen-bond donors (Lipinski definition) is 1. The number of ether oxygens (including phenoxy) is 2. The molecule has 0 atom stereocenters. The lowest BCUT2D eigenvalue weighted by Gasteiger charge is -2.10. The van der Waals surface area contributed by atoms with E-state index in [1.165, 1.54) is 12.0 Å². The quantitative estimate of drug-likeness (QED) is 0.758. The smallest absolute Gasteiger partial charge is 0.257 e.